The lowest BCUT2D eigenvalue weighted by Gasteiger charge is -2.28. The van der Waals surface area contributed by atoms with Crippen LogP contribution in [0.4, 0.5) is 0 Å². The van der Waals surface area contributed by atoms with E-state index < -0.39 is 30.9 Å². The highest BCUT2D eigenvalue weighted by Crippen LogP contribution is 2.14. The Bertz CT molecular complexity index is 157. The van der Waals surface area contributed by atoms with Gasteiger partial charge in [0.1, 0.15) is 6.10 Å². The molecule has 1 aliphatic heterocycles. The molecule has 64 valence electrons. The second-order valence-corrected chi connectivity index (χ2v) is 2.45. The fourth-order valence-corrected chi connectivity index (χ4v) is 0.935. The van der Waals surface area contributed by atoms with Crippen molar-refractivity contribution in [2.45, 2.75) is 24.9 Å². The number of ether oxygens (including phenoxy) is 1. The Hall–Kier alpha value is -0.490. The second-order valence-electron chi connectivity index (χ2n) is 2.45. The highest BCUT2D eigenvalue weighted by atomic mass is 16.6. The molecule has 5 heteroatoms. The molecular formula is C6H10O5. The molecule has 3 N–H and O–H groups in total. The maximum Gasteiger partial charge on any atom is 0.215 e. The third-order valence-corrected chi connectivity index (χ3v) is 1.60. The Morgan fingerprint density at radius 2 is 2.18 bits per heavy atom. The topological polar surface area (TPSA) is 87.0 Å². The number of hydrogen-bond acceptors (Lipinski definition) is 5. The van der Waals surface area contributed by atoms with Crippen LogP contribution in [0.25, 0.3) is 0 Å². The molecule has 0 radical (unpaired) electrons. The van der Waals surface area contributed by atoms with Gasteiger partial charge in [0.05, 0.1) is 12.7 Å². The van der Waals surface area contributed by atoms with Gasteiger partial charge in [-0.2, -0.15) is 0 Å². The highest BCUT2D eigenvalue weighted by Gasteiger charge is 2.34. The molecule has 0 unspecified atom stereocenters. The lowest BCUT2D eigenvalue weighted by Crippen LogP contribution is -2.46. The first-order valence-corrected chi connectivity index (χ1v) is 3.30. The molecule has 1 aliphatic rings. The van der Waals surface area contributed by atoms with E-state index in [1.54, 1.807) is 0 Å². The zero-order valence-electron chi connectivity index (χ0n) is 5.80. The van der Waals surface area contributed by atoms with Gasteiger partial charge in [-0.05, 0) is 0 Å². The van der Waals surface area contributed by atoms with Crippen molar-refractivity contribution in [3.8, 4) is 0 Å². The lowest BCUT2D eigenvalue weighted by molar-refractivity contribution is -0.205. The average molecular weight is 162 g/mol. The normalized spacial score (nSPS) is 39.2. The Morgan fingerprint density at radius 1 is 1.55 bits per heavy atom. The standard InChI is InChI=1S/C6H10O5/c7-2-5-3(8)1-4(9)6(10)11-5/h3,5-8,10H,1-2H2/t3-,5-,6-/m1/s1. The number of aliphatic hydroxyl groups excluding tert-OH is 3. The predicted molar refractivity (Wildman–Crippen MR) is 33.6 cm³/mol. The Kier molecular flexibility index (Phi) is 2.56. The molecule has 5 nitrogen and oxygen atoms in total. The smallest absolute Gasteiger partial charge is 0.215 e. The van der Waals surface area contributed by atoms with Crippen molar-refractivity contribution >= 4 is 5.78 Å². The van der Waals surface area contributed by atoms with Crippen molar-refractivity contribution < 1.29 is 24.9 Å². The number of aliphatic hydroxyl groups is 3. The van der Waals surface area contributed by atoms with E-state index in [2.05, 4.69) is 4.74 Å². The zero-order chi connectivity index (χ0) is 8.43. The molecule has 0 aliphatic carbocycles. The number of carbonyl (C=O) groups is 1. The molecule has 1 rings (SSSR count). The van der Waals surface area contributed by atoms with Crippen molar-refractivity contribution in [2.24, 2.45) is 0 Å². The molecule has 0 spiro atoms. The monoisotopic (exact) mass is 162 g/mol. The highest BCUT2D eigenvalue weighted by molar-refractivity contribution is 5.82. The first-order chi connectivity index (χ1) is 5.15. The third-order valence-electron chi connectivity index (χ3n) is 1.60. The summed E-state index contributed by atoms with van der Waals surface area (Å²) in [5.74, 6) is -0.554. The summed E-state index contributed by atoms with van der Waals surface area (Å²) < 4.78 is 4.57. The van der Waals surface area contributed by atoms with Gasteiger partial charge in [0.25, 0.3) is 0 Å². The predicted octanol–water partition coefficient (Wildman–Crippen LogP) is -1.98. The number of hydrogen-bond donors (Lipinski definition) is 3. The molecule has 0 bridgehead atoms. The summed E-state index contributed by atoms with van der Waals surface area (Å²) in [7, 11) is 0. The van der Waals surface area contributed by atoms with Gasteiger partial charge in [-0.25, -0.2) is 0 Å². The summed E-state index contributed by atoms with van der Waals surface area (Å²) in [6, 6.07) is 0. The van der Waals surface area contributed by atoms with Crippen LogP contribution in [0.5, 0.6) is 0 Å². The van der Waals surface area contributed by atoms with Gasteiger partial charge in [-0.1, -0.05) is 0 Å². The molecule has 0 aromatic rings. The third kappa shape index (κ3) is 1.75. The number of carbonyl (C=O) groups excluding carboxylic acids is 1. The van der Waals surface area contributed by atoms with E-state index >= 15 is 0 Å². The summed E-state index contributed by atoms with van der Waals surface area (Å²) in [5.41, 5.74) is 0. The number of ketones is 1. The fraction of sp³-hybridized carbons (Fsp3) is 0.833. The SMILES string of the molecule is O=C1C[C@@H](O)[C@@H](CO)O[C@H]1O. The Labute approximate surface area is 63.2 Å². The number of Topliss-reactive ketones (excluding diaryl/α,β-unsaturated/α-hetero) is 1. The molecule has 0 aromatic heterocycles. The van der Waals surface area contributed by atoms with Crippen molar-refractivity contribution in [2.75, 3.05) is 6.61 Å². The molecule has 1 heterocycles. The van der Waals surface area contributed by atoms with Gasteiger partial charge in [-0.3, -0.25) is 4.79 Å². The van der Waals surface area contributed by atoms with E-state index in [1.807, 2.05) is 0 Å². The van der Waals surface area contributed by atoms with Crippen molar-refractivity contribution in [1.82, 2.24) is 0 Å². The molecule has 1 saturated heterocycles. The summed E-state index contributed by atoms with van der Waals surface area (Å²) in [4.78, 5) is 10.6. The van der Waals surface area contributed by atoms with Crippen LogP contribution in [-0.2, 0) is 9.53 Å². The molecule has 0 aromatic carbocycles. The molecule has 1 fully saturated rings. The summed E-state index contributed by atoms with van der Waals surface area (Å²) >= 11 is 0. The van der Waals surface area contributed by atoms with Crippen LogP contribution in [0, 0.1) is 0 Å². The maximum absolute atomic E-state index is 10.6. The Morgan fingerprint density at radius 3 is 2.73 bits per heavy atom. The van der Waals surface area contributed by atoms with Gasteiger partial charge in [-0.15, -0.1) is 0 Å². The molecular weight excluding hydrogens is 152 g/mol. The van der Waals surface area contributed by atoms with E-state index in [0.717, 1.165) is 0 Å². The van der Waals surface area contributed by atoms with Crippen LogP contribution in [0.3, 0.4) is 0 Å². The van der Waals surface area contributed by atoms with Gasteiger partial charge >= 0.3 is 0 Å². The first-order valence-electron chi connectivity index (χ1n) is 3.30. The number of rotatable bonds is 1. The first kappa shape index (κ1) is 8.61. The fourth-order valence-electron chi connectivity index (χ4n) is 0.935. The van der Waals surface area contributed by atoms with E-state index in [-0.39, 0.29) is 6.42 Å². The van der Waals surface area contributed by atoms with Crippen LogP contribution in [0.2, 0.25) is 0 Å². The molecule has 11 heavy (non-hydrogen) atoms. The minimum atomic E-state index is -1.49. The zero-order valence-corrected chi connectivity index (χ0v) is 5.80. The summed E-state index contributed by atoms with van der Waals surface area (Å²) in [5, 5.41) is 26.4. The second kappa shape index (κ2) is 3.27. The summed E-state index contributed by atoms with van der Waals surface area (Å²) in [6.07, 6.45) is -3.50. The van der Waals surface area contributed by atoms with Crippen LogP contribution < -0.4 is 0 Å². The van der Waals surface area contributed by atoms with E-state index in [4.69, 9.17) is 15.3 Å². The quantitative estimate of drug-likeness (QED) is 0.415. The van der Waals surface area contributed by atoms with Crippen LogP contribution in [0.15, 0.2) is 0 Å². The largest absolute Gasteiger partial charge is 0.394 e. The van der Waals surface area contributed by atoms with Gasteiger partial charge in [0.15, 0.2) is 5.78 Å². The molecule has 3 atom stereocenters. The van der Waals surface area contributed by atoms with E-state index in [1.165, 1.54) is 0 Å². The lowest BCUT2D eigenvalue weighted by atomic mass is 10.0. The van der Waals surface area contributed by atoms with Gasteiger partial charge in [0, 0.05) is 6.42 Å². The van der Waals surface area contributed by atoms with Crippen molar-refractivity contribution in [1.29, 1.82) is 0 Å². The molecule has 0 saturated carbocycles. The van der Waals surface area contributed by atoms with Crippen molar-refractivity contribution in [3.63, 3.8) is 0 Å². The summed E-state index contributed by atoms with van der Waals surface area (Å²) in [6.45, 7) is -0.397. The molecule has 0 amide bonds. The van der Waals surface area contributed by atoms with E-state index in [0.29, 0.717) is 0 Å². The van der Waals surface area contributed by atoms with E-state index in [9.17, 15) is 4.79 Å². The van der Waals surface area contributed by atoms with Crippen LogP contribution >= 0.6 is 0 Å². The van der Waals surface area contributed by atoms with Gasteiger partial charge < -0.3 is 20.1 Å². The van der Waals surface area contributed by atoms with Crippen LogP contribution in [-0.4, -0.2) is 46.2 Å². The Balaban J connectivity index is 2.54. The van der Waals surface area contributed by atoms with Crippen molar-refractivity contribution in [3.05, 3.63) is 0 Å². The maximum atomic E-state index is 10.6. The van der Waals surface area contributed by atoms with Gasteiger partial charge in [0.2, 0.25) is 6.29 Å². The average Bonchev–Trinajstić information content (AvgIpc) is 1.97. The minimum absolute atomic E-state index is 0.160. The van der Waals surface area contributed by atoms with Crippen LogP contribution in [0.1, 0.15) is 6.42 Å². The minimum Gasteiger partial charge on any atom is -0.394 e.